The third-order valence-corrected chi connectivity index (χ3v) is 3.04. The Hall–Kier alpha value is -0.570. The van der Waals surface area contributed by atoms with Gasteiger partial charge in [-0.2, -0.15) is 0 Å². The highest BCUT2D eigenvalue weighted by molar-refractivity contribution is 5.76. The minimum atomic E-state index is -1.10. The predicted molar refractivity (Wildman–Crippen MR) is 44.8 cm³/mol. The molecule has 0 amide bonds. The van der Waals surface area contributed by atoms with Crippen molar-refractivity contribution in [1.29, 1.82) is 0 Å². The van der Waals surface area contributed by atoms with E-state index in [1.54, 1.807) is 13.8 Å². The van der Waals surface area contributed by atoms with Gasteiger partial charge >= 0.3 is 5.97 Å². The molecule has 0 unspecified atom stereocenters. The number of carboxylic acid groups (broad SMARTS) is 1. The normalized spacial score (nSPS) is 22.6. The Morgan fingerprint density at radius 2 is 1.75 bits per heavy atom. The molecular weight excluding hydrogens is 156 g/mol. The van der Waals surface area contributed by atoms with Crippen molar-refractivity contribution >= 4 is 5.97 Å². The second kappa shape index (κ2) is 2.73. The number of hydrogen-bond donors (Lipinski definition) is 2. The maximum absolute atomic E-state index is 11.0. The van der Waals surface area contributed by atoms with Gasteiger partial charge in [-0.3, -0.25) is 4.79 Å². The molecule has 0 saturated heterocycles. The van der Waals surface area contributed by atoms with E-state index in [4.69, 9.17) is 5.11 Å². The fraction of sp³-hybridized carbons (Fsp3) is 0.889. The first-order chi connectivity index (χ1) is 5.40. The fourth-order valence-electron chi connectivity index (χ4n) is 2.07. The number of hydrogen-bond acceptors (Lipinski definition) is 2. The van der Waals surface area contributed by atoms with Crippen molar-refractivity contribution in [3.05, 3.63) is 0 Å². The molecule has 0 aromatic carbocycles. The van der Waals surface area contributed by atoms with E-state index in [1.165, 1.54) is 0 Å². The van der Waals surface area contributed by atoms with Gasteiger partial charge in [0.25, 0.3) is 0 Å². The van der Waals surface area contributed by atoms with E-state index in [2.05, 4.69) is 0 Å². The van der Waals surface area contributed by atoms with Gasteiger partial charge in [0.15, 0.2) is 0 Å². The van der Waals surface area contributed by atoms with Crippen LogP contribution in [0.3, 0.4) is 0 Å². The fourth-order valence-corrected chi connectivity index (χ4v) is 2.07. The average molecular weight is 172 g/mol. The molecule has 1 aliphatic rings. The van der Waals surface area contributed by atoms with E-state index >= 15 is 0 Å². The topological polar surface area (TPSA) is 57.5 Å². The predicted octanol–water partition coefficient (Wildman–Crippen LogP) is 1.40. The van der Waals surface area contributed by atoms with Crippen LogP contribution >= 0.6 is 0 Å². The van der Waals surface area contributed by atoms with Crippen molar-refractivity contribution < 1.29 is 15.0 Å². The zero-order valence-corrected chi connectivity index (χ0v) is 7.63. The third kappa shape index (κ3) is 1.22. The van der Waals surface area contributed by atoms with Crippen molar-refractivity contribution in [3.8, 4) is 0 Å². The smallest absolute Gasteiger partial charge is 0.312 e. The number of rotatable bonds is 2. The standard InChI is InChI=1S/C9H16O3/c1-8(2,12)9(7(10)11)5-3-4-6-9/h12H,3-6H2,1-2H3,(H,10,11). The maximum Gasteiger partial charge on any atom is 0.312 e. The molecule has 1 rings (SSSR count). The lowest BCUT2D eigenvalue weighted by Crippen LogP contribution is -2.47. The third-order valence-electron chi connectivity index (χ3n) is 3.04. The SMILES string of the molecule is CC(C)(O)C1(C(=O)O)CCCC1. The van der Waals surface area contributed by atoms with Gasteiger partial charge in [-0.1, -0.05) is 12.8 Å². The Bertz CT molecular complexity index is 184. The molecule has 1 fully saturated rings. The van der Waals surface area contributed by atoms with Gasteiger partial charge in [0.1, 0.15) is 0 Å². The number of carbonyl (C=O) groups is 1. The summed E-state index contributed by atoms with van der Waals surface area (Å²) in [5.74, 6) is -0.854. The van der Waals surface area contributed by atoms with Gasteiger partial charge in [-0.25, -0.2) is 0 Å². The van der Waals surface area contributed by atoms with Gasteiger partial charge < -0.3 is 10.2 Å². The highest BCUT2D eigenvalue weighted by atomic mass is 16.4. The van der Waals surface area contributed by atoms with Crippen molar-refractivity contribution in [2.24, 2.45) is 5.41 Å². The first-order valence-corrected chi connectivity index (χ1v) is 4.36. The van der Waals surface area contributed by atoms with Crippen molar-refractivity contribution in [2.75, 3.05) is 0 Å². The van der Waals surface area contributed by atoms with E-state index in [1.807, 2.05) is 0 Å². The van der Waals surface area contributed by atoms with E-state index in [-0.39, 0.29) is 0 Å². The number of aliphatic hydroxyl groups is 1. The van der Waals surface area contributed by atoms with Crippen LogP contribution in [0.1, 0.15) is 39.5 Å². The molecule has 2 N–H and O–H groups in total. The lowest BCUT2D eigenvalue weighted by atomic mass is 9.72. The summed E-state index contributed by atoms with van der Waals surface area (Å²) in [6, 6.07) is 0. The molecule has 1 saturated carbocycles. The lowest BCUT2D eigenvalue weighted by molar-refractivity contribution is -0.164. The molecule has 1 aliphatic carbocycles. The Morgan fingerprint density at radius 1 is 1.33 bits per heavy atom. The van der Waals surface area contributed by atoms with Crippen LogP contribution in [0.5, 0.6) is 0 Å². The largest absolute Gasteiger partial charge is 0.481 e. The number of aliphatic carboxylic acids is 1. The molecule has 70 valence electrons. The Labute approximate surface area is 72.4 Å². The van der Waals surface area contributed by atoms with Crippen molar-refractivity contribution in [1.82, 2.24) is 0 Å². The summed E-state index contributed by atoms with van der Waals surface area (Å²) in [7, 11) is 0. The second-order valence-corrected chi connectivity index (χ2v) is 4.15. The molecule has 3 nitrogen and oxygen atoms in total. The van der Waals surface area contributed by atoms with Crippen LogP contribution in [-0.2, 0) is 4.79 Å². The molecule has 0 heterocycles. The van der Waals surface area contributed by atoms with Gasteiger partial charge in [0.05, 0.1) is 11.0 Å². The Kier molecular flexibility index (Phi) is 2.17. The summed E-state index contributed by atoms with van der Waals surface area (Å²) < 4.78 is 0. The summed E-state index contributed by atoms with van der Waals surface area (Å²) in [5.41, 5.74) is -2.00. The molecule has 0 spiro atoms. The number of carboxylic acids is 1. The highest BCUT2D eigenvalue weighted by Crippen LogP contribution is 2.46. The van der Waals surface area contributed by atoms with Crippen molar-refractivity contribution in [3.63, 3.8) is 0 Å². The molecular formula is C9H16O3. The van der Waals surface area contributed by atoms with Gasteiger partial charge in [-0.15, -0.1) is 0 Å². The second-order valence-electron chi connectivity index (χ2n) is 4.15. The average Bonchev–Trinajstić information content (AvgIpc) is 2.31. The molecule has 3 heteroatoms. The summed E-state index contributed by atoms with van der Waals surface area (Å²) in [5, 5.41) is 18.8. The van der Waals surface area contributed by atoms with Gasteiger partial charge in [-0.05, 0) is 26.7 Å². The van der Waals surface area contributed by atoms with Crippen LogP contribution in [0.2, 0.25) is 0 Å². The lowest BCUT2D eigenvalue weighted by Gasteiger charge is -2.36. The monoisotopic (exact) mass is 172 g/mol. The van der Waals surface area contributed by atoms with Crippen LogP contribution in [0, 0.1) is 5.41 Å². The Balaban J connectivity index is 2.94. The van der Waals surface area contributed by atoms with Crippen LogP contribution in [0.15, 0.2) is 0 Å². The molecule has 12 heavy (non-hydrogen) atoms. The zero-order valence-electron chi connectivity index (χ0n) is 7.63. The Morgan fingerprint density at radius 3 is 1.92 bits per heavy atom. The first kappa shape index (κ1) is 9.52. The van der Waals surface area contributed by atoms with Gasteiger partial charge in [0.2, 0.25) is 0 Å². The molecule has 0 aromatic rings. The molecule has 0 aliphatic heterocycles. The van der Waals surface area contributed by atoms with E-state index in [0.29, 0.717) is 12.8 Å². The minimum absolute atomic E-state index is 0.603. The van der Waals surface area contributed by atoms with Crippen LogP contribution in [-0.4, -0.2) is 21.8 Å². The molecule has 0 bridgehead atoms. The van der Waals surface area contributed by atoms with E-state index in [0.717, 1.165) is 12.8 Å². The van der Waals surface area contributed by atoms with Crippen molar-refractivity contribution in [2.45, 2.75) is 45.1 Å². The summed E-state index contributed by atoms with van der Waals surface area (Å²) in [6.07, 6.45) is 3.03. The summed E-state index contributed by atoms with van der Waals surface area (Å²) in [4.78, 5) is 11.0. The van der Waals surface area contributed by atoms with Gasteiger partial charge in [0, 0.05) is 0 Å². The van der Waals surface area contributed by atoms with Crippen LogP contribution in [0.25, 0.3) is 0 Å². The summed E-state index contributed by atoms with van der Waals surface area (Å²) in [6.45, 7) is 3.18. The quantitative estimate of drug-likeness (QED) is 0.662. The van der Waals surface area contributed by atoms with Crippen LogP contribution in [0.4, 0.5) is 0 Å². The zero-order chi connectivity index (χ0) is 9.41. The molecule has 0 radical (unpaired) electrons. The first-order valence-electron chi connectivity index (χ1n) is 4.36. The molecule has 0 aromatic heterocycles. The van der Waals surface area contributed by atoms with Crippen LogP contribution < -0.4 is 0 Å². The highest BCUT2D eigenvalue weighted by Gasteiger charge is 2.51. The minimum Gasteiger partial charge on any atom is -0.481 e. The molecule has 0 atom stereocenters. The van der Waals surface area contributed by atoms with E-state index < -0.39 is 17.0 Å². The summed E-state index contributed by atoms with van der Waals surface area (Å²) >= 11 is 0. The maximum atomic E-state index is 11.0. The van der Waals surface area contributed by atoms with E-state index in [9.17, 15) is 9.90 Å².